The molecule has 0 aliphatic carbocycles. The van der Waals surface area contributed by atoms with Crippen molar-refractivity contribution in [2.45, 2.75) is 26.0 Å². The number of benzene rings is 3. The van der Waals surface area contributed by atoms with Crippen molar-refractivity contribution in [1.29, 1.82) is 0 Å². The number of hydrogen-bond donors (Lipinski definition) is 2. The summed E-state index contributed by atoms with van der Waals surface area (Å²) in [5, 5.41) is 14.3. The molecule has 0 saturated carbocycles. The number of carboxylic acid groups (broad SMARTS) is 1. The first-order valence-electron chi connectivity index (χ1n) is 12.1. The zero-order chi connectivity index (χ0) is 28.1. The first kappa shape index (κ1) is 27.6. The monoisotopic (exact) mass is 547 g/mol. The molecule has 0 fully saturated rings. The molecule has 39 heavy (non-hydrogen) atoms. The Balaban J connectivity index is 1.53. The van der Waals surface area contributed by atoms with Crippen LogP contribution in [0.5, 0.6) is 0 Å². The van der Waals surface area contributed by atoms with Gasteiger partial charge in [0, 0.05) is 26.0 Å². The van der Waals surface area contributed by atoms with Gasteiger partial charge in [0.1, 0.15) is 5.03 Å². The molecular weight excluding hydrogens is 522 g/mol. The van der Waals surface area contributed by atoms with Crippen LogP contribution in [0.15, 0.2) is 83.9 Å². The van der Waals surface area contributed by atoms with E-state index >= 15 is 0 Å². The van der Waals surface area contributed by atoms with Gasteiger partial charge in [0.25, 0.3) is 5.91 Å². The summed E-state index contributed by atoms with van der Waals surface area (Å²) in [5.74, 6) is -2.47. The van der Waals surface area contributed by atoms with Crippen molar-refractivity contribution in [3.8, 4) is 0 Å². The highest BCUT2D eigenvalue weighted by Crippen LogP contribution is 2.37. The van der Waals surface area contributed by atoms with Gasteiger partial charge in [0.05, 0.1) is 16.9 Å². The smallest absolute Gasteiger partial charge is 0.337 e. The Hall–Kier alpha value is -4.47. The van der Waals surface area contributed by atoms with Gasteiger partial charge in [-0.3, -0.25) is 14.4 Å². The third kappa shape index (κ3) is 5.84. The van der Waals surface area contributed by atoms with Gasteiger partial charge in [-0.05, 0) is 41.8 Å². The van der Waals surface area contributed by atoms with E-state index in [-0.39, 0.29) is 28.6 Å². The Morgan fingerprint density at radius 2 is 1.62 bits per heavy atom. The number of para-hydroxylation sites is 1. The molecule has 9 nitrogen and oxygen atoms in total. The van der Waals surface area contributed by atoms with E-state index in [0.717, 1.165) is 5.56 Å². The van der Waals surface area contributed by atoms with E-state index in [4.69, 9.17) is 16.3 Å². The summed E-state index contributed by atoms with van der Waals surface area (Å²) in [5.41, 5.74) is 2.48. The van der Waals surface area contributed by atoms with Gasteiger partial charge in [-0.15, -0.1) is 0 Å². The highest BCUT2D eigenvalue weighted by Gasteiger charge is 2.42. The molecule has 1 heterocycles. The molecule has 200 valence electrons. The molecule has 1 atom stereocenters. The average molecular weight is 548 g/mol. The van der Waals surface area contributed by atoms with Gasteiger partial charge in [-0.1, -0.05) is 66.2 Å². The predicted octanol–water partition coefficient (Wildman–Crippen LogP) is 4.69. The van der Waals surface area contributed by atoms with E-state index in [9.17, 15) is 24.3 Å². The summed E-state index contributed by atoms with van der Waals surface area (Å²) in [6.07, 6.45) is -0.464. The number of nitrogens with one attached hydrogen (secondary N) is 1. The molecule has 1 aliphatic heterocycles. The fourth-order valence-corrected chi connectivity index (χ4v) is 4.63. The van der Waals surface area contributed by atoms with E-state index in [0.29, 0.717) is 23.2 Å². The number of carbonyl (C=O) groups excluding carboxylic acids is 3. The molecule has 1 unspecified atom stereocenters. The number of hydrogen-bond acceptors (Lipinski definition) is 5. The van der Waals surface area contributed by atoms with Crippen LogP contribution in [0, 0.1) is 0 Å². The Morgan fingerprint density at radius 1 is 0.974 bits per heavy atom. The summed E-state index contributed by atoms with van der Waals surface area (Å²) in [6, 6.07) is 22.0. The predicted molar refractivity (Wildman–Crippen MR) is 147 cm³/mol. The van der Waals surface area contributed by atoms with Crippen LogP contribution < -0.4 is 10.3 Å². The zero-order valence-electron chi connectivity index (χ0n) is 21.3. The number of aryl methyl sites for hydroxylation is 1. The molecule has 3 aromatic carbocycles. The van der Waals surface area contributed by atoms with Crippen molar-refractivity contribution in [3.05, 3.63) is 101 Å². The lowest BCUT2D eigenvalue weighted by molar-refractivity contribution is -0.144. The normalized spacial score (nSPS) is 15.4. The number of methoxy groups -OCH3 is 1. The van der Waals surface area contributed by atoms with E-state index in [1.54, 1.807) is 60.7 Å². The summed E-state index contributed by atoms with van der Waals surface area (Å²) in [7, 11) is 1.44. The van der Waals surface area contributed by atoms with Gasteiger partial charge >= 0.3 is 5.97 Å². The fraction of sp³-hybridized carbons (Fsp3) is 0.172. The van der Waals surface area contributed by atoms with Crippen LogP contribution in [0.4, 0.5) is 11.4 Å². The molecule has 0 spiro atoms. The maximum atomic E-state index is 13.4. The Morgan fingerprint density at radius 3 is 2.23 bits per heavy atom. The molecule has 0 radical (unpaired) electrons. The van der Waals surface area contributed by atoms with Gasteiger partial charge in [-0.2, -0.15) is 0 Å². The largest absolute Gasteiger partial charge is 0.478 e. The molecule has 1 aliphatic rings. The zero-order valence-corrected chi connectivity index (χ0v) is 22.0. The highest BCUT2D eigenvalue weighted by molar-refractivity contribution is 6.47. The van der Waals surface area contributed by atoms with Gasteiger partial charge in [0.15, 0.2) is 6.23 Å². The molecule has 2 N–H and O–H groups in total. The molecule has 0 bridgehead atoms. The number of amides is 3. The van der Waals surface area contributed by atoms with E-state index < -0.39 is 24.0 Å². The Kier molecular flexibility index (Phi) is 8.43. The van der Waals surface area contributed by atoms with Gasteiger partial charge in [-0.25, -0.2) is 14.8 Å². The fourth-order valence-electron chi connectivity index (χ4n) is 4.35. The molecular formula is C29H26ClN3O6. The topological polar surface area (TPSA) is 116 Å². The molecule has 4 rings (SSSR count). The first-order valence-corrected chi connectivity index (χ1v) is 12.4. The lowest BCUT2D eigenvalue weighted by Crippen LogP contribution is -2.58. The first-order chi connectivity index (χ1) is 18.7. The second kappa shape index (κ2) is 11.9. The Labute approximate surface area is 230 Å². The summed E-state index contributed by atoms with van der Waals surface area (Å²) < 4.78 is 5.65. The third-order valence-electron chi connectivity index (χ3n) is 6.19. The van der Waals surface area contributed by atoms with Crippen molar-refractivity contribution in [2.75, 3.05) is 17.4 Å². The van der Waals surface area contributed by atoms with Crippen LogP contribution >= 0.6 is 11.6 Å². The molecule has 10 heteroatoms. The average Bonchev–Trinajstić information content (AvgIpc) is 2.93. The van der Waals surface area contributed by atoms with E-state index in [2.05, 4.69) is 5.32 Å². The number of carbonyl (C=O) groups is 4. The lowest BCUT2D eigenvalue weighted by Gasteiger charge is -2.43. The molecule has 0 aromatic heterocycles. The standard InChI is InChI=1S/C29H26ClN3O6/c1-18(34)32-28(39-2)25(20-8-4-3-5-9-20)26(30)27(36)33(32)21-15-12-19(13-16-21)14-17-24(35)31-23-11-7-6-10-22(23)29(37)38/h3-13,15-16,28H,14,17H2,1-2H3,(H,31,35)(H,37,38). The second-order valence-electron chi connectivity index (χ2n) is 8.73. The molecule has 3 amide bonds. The number of aromatic carboxylic acids is 1. The quantitative estimate of drug-likeness (QED) is 0.423. The van der Waals surface area contributed by atoms with E-state index in [1.807, 2.05) is 6.07 Å². The van der Waals surface area contributed by atoms with Crippen molar-refractivity contribution in [3.63, 3.8) is 0 Å². The summed E-state index contributed by atoms with van der Waals surface area (Å²) in [6.45, 7) is 1.34. The number of rotatable bonds is 8. The van der Waals surface area contributed by atoms with Crippen LogP contribution in [0.2, 0.25) is 0 Å². The summed E-state index contributed by atoms with van der Waals surface area (Å²) >= 11 is 6.56. The number of anilines is 2. The highest BCUT2D eigenvalue weighted by atomic mass is 35.5. The van der Waals surface area contributed by atoms with Gasteiger partial charge < -0.3 is 15.2 Å². The second-order valence-corrected chi connectivity index (χ2v) is 9.11. The third-order valence-corrected chi connectivity index (χ3v) is 6.55. The number of halogens is 1. The Bertz CT molecular complexity index is 1440. The maximum absolute atomic E-state index is 13.4. The molecule has 3 aromatic rings. The van der Waals surface area contributed by atoms with Crippen molar-refractivity contribution in [2.24, 2.45) is 0 Å². The van der Waals surface area contributed by atoms with Crippen molar-refractivity contribution < 1.29 is 29.0 Å². The number of ether oxygens (including phenoxy) is 1. The van der Waals surface area contributed by atoms with Crippen LogP contribution in [0.1, 0.15) is 34.8 Å². The number of nitrogens with zero attached hydrogens (tertiary/aromatic N) is 2. The SMILES string of the molecule is COC1C(c2ccccc2)=C(Cl)C(=O)N(c2ccc(CCC(=O)Nc3ccccc3C(=O)O)cc2)N1C(C)=O. The van der Waals surface area contributed by atoms with Crippen molar-refractivity contribution in [1.82, 2.24) is 5.01 Å². The van der Waals surface area contributed by atoms with Crippen LogP contribution in [-0.2, 0) is 25.5 Å². The number of carboxylic acids is 1. The minimum atomic E-state index is -1.13. The molecule has 0 saturated heterocycles. The van der Waals surface area contributed by atoms with Crippen molar-refractivity contribution >= 4 is 52.2 Å². The van der Waals surface area contributed by atoms with Crippen LogP contribution in [0.25, 0.3) is 5.57 Å². The maximum Gasteiger partial charge on any atom is 0.337 e. The van der Waals surface area contributed by atoms with E-state index in [1.165, 1.54) is 36.2 Å². The van der Waals surface area contributed by atoms with Gasteiger partial charge in [0.2, 0.25) is 11.8 Å². The summed E-state index contributed by atoms with van der Waals surface area (Å²) in [4.78, 5) is 50.0. The minimum Gasteiger partial charge on any atom is -0.478 e. The van der Waals surface area contributed by atoms with Crippen LogP contribution in [0.3, 0.4) is 0 Å². The lowest BCUT2D eigenvalue weighted by atomic mass is 10.0. The number of hydrazine groups is 1. The van der Waals surface area contributed by atoms with Crippen LogP contribution in [-0.4, -0.2) is 47.1 Å². The minimum absolute atomic E-state index is 0.00826.